The number of piperazine rings is 1. The molecule has 0 N–H and O–H groups in total. The number of benzene rings is 1. The van der Waals surface area contributed by atoms with Gasteiger partial charge in [-0.25, -0.2) is 0 Å². The average molecular weight is 177 g/mol. The molecule has 13 heavy (non-hydrogen) atoms. The molecule has 0 saturated carbocycles. The molecule has 3 heteroatoms. The van der Waals surface area contributed by atoms with Gasteiger partial charge in [0.1, 0.15) is 0 Å². The van der Waals surface area contributed by atoms with Crippen LogP contribution in [0.2, 0.25) is 0 Å². The number of hydrogen-bond donors (Lipinski definition) is 0. The fraction of sp³-hybridized carbons (Fsp3) is 0.400. The van der Waals surface area contributed by atoms with E-state index in [4.69, 9.17) is 0 Å². The van der Waals surface area contributed by atoms with E-state index < -0.39 is 0 Å². The minimum Gasteiger partial charge on any atom is -0.359 e. The summed E-state index contributed by atoms with van der Waals surface area (Å²) in [5.41, 5.74) is 1.22. The van der Waals surface area contributed by atoms with E-state index in [9.17, 15) is 4.91 Å². The van der Waals surface area contributed by atoms with Crippen LogP contribution in [0.15, 0.2) is 30.3 Å². The largest absolute Gasteiger partial charge is 0.359 e. The molecule has 68 valence electrons. The standard InChI is InChI=1S/C10H13N2O/c13-12-8-6-11(7-9-12)10-4-2-1-3-5-10/h1-5H,6-9H2/q+1. The molecular formula is C10H13N2O+. The summed E-state index contributed by atoms with van der Waals surface area (Å²) in [5, 5.41) is 0. The van der Waals surface area contributed by atoms with Gasteiger partial charge in [0, 0.05) is 15.4 Å². The number of hydrogen-bond acceptors (Lipinski definition) is 2. The second kappa shape index (κ2) is 3.56. The second-order valence-corrected chi connectivity index (χ2v) is 3.25. The molecule has 0 radical (unpaired) electrons. The Morgan fingerprint density at radius 1 is 1.08 bits per heavy atom. The number of para-hydroxylation sites is 1. The SMILES string of the molecule is O=[N+]1CCN(c2ccccc2)CC1. The second-order valence-electron chi connectivity index (χ2n) is 3.25. The molecule has 0 amide bonds. The van der Waals surface area contributed by atoms with Gasteiger partial charge in [-0.15, -0.1) is 0 Å². The van der Waals surface area contributed by atoms with E-state index in [0.29, 0.717) is 13.1 Å². The van der Waals surface area contributed by atoms with E-state index in [1.807, 2.05) is 18.2 Å². The van der Waals surface area contributed by atoms with Gasteiger partial charge in [0.05, 0.1) is 13.1 Å². The first kappa shape index (κ1) is 8.23. The summed E-state index contributed by atoms with van der Waals surface area (Å²) in [4.78, 5) is 13.2. The Morgan fingerprint density at radius 2 is 1.69 bits per heavy atom. The Labute approximate surface area is 77.5 Å². The topological polar surface area (TPSA) is 23.3 Å². The van der Waals surface area contributed by atoms with Crippen molar-refractivity contribution in [1.82, 2.24) is 0 Å². The molecule has 1 saturated heterocycles. The van der Waals surface area contributed by atoms with Crippen molar-refractivity contribution in [3.8, 4) is 0 Å². The quantitative estimate of drug-likeness (QED) is 0.603. The Hall–Kier alpha value is -1.38. The van der Waals surface area contributed by atoms with Crippen LogP contribution in [-0.4, -0.2) is 30.9 Å². The highest BCUT2D eigenvalue weighted by atomic mass is 16.3. The van der Waals surface area contributed by atoms with Gasteiger partial charge in [-0.1, -0.05) is 18.2 Å². The molecule has 3 nitrogen and oxygen atoms in total. The Kier molecular flexibility index (Phi) is 2.25. The lowest BCUT2D eigenvalue weighted by molar-refractivity contribution is -0.550. The molecule has 2 rings (SSSR count). The lowest BCUT2D eigenvalue weighted by atomic mass is 10.2. The summed E-state index contributed by atoms with van der Waals surface area (Å²) in [6.07, 6.45) is 0. The van der Waals surface area contributed by atoms with Crippen molar-refractivity contribution in [2.24, 2.45) is 0 Å². The summed E-state index contributed by atoms with van der Waals surface area (Å²) in [7, 11) is 0. The first-order chi connectivity index (χ1) is 6.36. The van der Waals surface area contributed by atoms with Gasteiger partial charge in [-0.3, -0.25) is 0 Å². The summed E-state index contributed by atoms with van der Waals surface area (Å²) < 4.78 is 1.12. The zero-order valence-corrected chi connectivity index (χ0v) is 7.52. The van der Waals surface area contributed by atoms with Crippen molar-refractivity contribution >= 4 is 5.69 Å². The van der Waals surface area contributed by atoms with E-state index in [0.717, 1.165) is 17.8 Å². The maximum absolute atomic E-state index is 10.9. The van der Waals surface area contributed by atoms with Crippen molar-refractivity contribution < 1.29 is 4.76 Å². The highest BCUT2D eigenvalue weighted by Crippen LogP contribution is 2.13. The Morgan fingerprint density at radius 3 is 2.31 bits per heavy atom. The molecule has 0 aromatic heterocycles. The van der Waals surface area contributed by atoms with E-state index in [1.165, 1.54) is 5.69 Å². The zero-order valence-electron chi connectivity index (χ0n) is 7.52. The lowest BCUT2D eigenvalue weighted by Crippen LogP contribution is -2.40. The first-order valence-electron chi connectivity index (χ1n) is 4.58. The molecule has 0 unspecified atom stereocenters. The van der Waals surface area contributed by atoms with Gasteiger partial charge in [-0.05, 0) is 12.1 Å². The molecule has 0 aliphatic carbocycles. The third-order valence-corrected chi connectivity index (χ3v) is 2.36. The van der Waals surface area contributed by atoms with Crippen LogP contribution in [0.4, 0.5) is 5.69 Å². The van der Waals surface area contributed by atoms with Gasteiger partial charge in [-0.2, -0.15) is 0 Å². The first-order valence-corrected chi connectivity index (χ1v) is 4.58. The molecule has 1 aromatic carbocycles. The third-order valence-electron chi connectivity index (χ3n) is 2.36. The zero-order chi connectivity index (χ0) is 9.10. The summed E-state index contributed by atoms with van der Waals surface area (Å²) in [5.74, 6) is 0. The maximum atomic E-state index is 10.9. The minimum absolute atomic E-state index is 0.620. The highest BCUT2D eigenvalue weighted by molar-refractivity contribution is 5.45. The molecule has 1 aliphatic rings. The fourth-order valence-corrected chi connectivity index (χ4v) is 1.59. The van der Waals surface area contributed by atoms with Crippen molar-refractivity contribution in [1.29, 1.82) is 0 Å². The Bertz CT molecular complexity index is 287. The number of rotatable bonds is 1. The molecule has 0 spiro atoms. The Balaban J connectivity index is 2.07. The van der Waals surface area contributed by atoms with Crippen molar-refractivity contribution in [2.75, 3.05) is 31.1 Å². The third kappa shape index (κ3) is 1.86. The number of nitrogens with zero attached hydrogens (tertiary/aromatic N) is 2. The summed E-state index contributed by atoms with van der Waals surface area (Å²) >= 11 is 0. The van der Waals surface area contributed by atoms with Crippen LogP contribution < -0.4 is 4.90 Å². The van der Waals surface area contributed by atoms with Crippen LogP contribution in [0.1, 0.15) is 0 Å². The molecule has 0 atom stereocenters. The van der Waals surface area contributed by atoms with E-state index in [-0.39, 0.29) is 0 Å². The van der Waals surface area contributed by atoms with Crippen LogP contribution in [0.3, 0.4) is 0 Å². The van der Waals surface area contributed by atoms with Crippen LogP contribution in [-0.2, 0) is 0 Å². The molecule has 0 bridgehead atoms. The van der Waals surface area contributed by atoms with Crippen molar-refractivity contribution in [3.63, 3.8) is 0 Å². The van der Waals surface area contributed by atoms with Crippen LogP contribution in [0, 0.1) is 4.91 Å². The van der Waals surface area contributed by atoms with Gasteiger partial charge in [0.2, 0.25) is 13.1 Å². The van der Waals surface area contributed by atoms with Gasteiger partial charge >= 0.3 is 0 Å². The van der Waals surface area contributed by atoms with Gasteiger partial charge in [0.25, 0.3) is 0 Å². The monoisotopic (exact) mass is 177 g/mol. The predicted octanol–water partition coefficient (Wildman–Crippen LogP) is 1.29. The van der Waals surface area contributed by atoms with Gasteiger partial charge < -0.3 is 4.90 Å². The summed E-state index contributed by atoms with van der Waals surface area (Å²) in [6, 6.07) is 10.2. The predicted molar refractivity (Wildman–Crippen MR) is 52.0 cm³/mol. The highest BCUT2D eigenvalue weighted by Gasteiger charge is 2.20. The normalized spacial score (nSPS) is 17.5. The lowest BCUT2D eigenvalue weighted by Gasteiger charge is -2.24. The van der Waals surface area contributed by atoms with Crippen molar-refractivity contribution in [3.05, 3.63) is 35.2 Å². The van der Waals surface area contributed by atoms with E-state index >= 15 is 0 Å². The van der Waals surface area contributed by atoms with E-state index in [2.05, 4.69) is 17.0 Å². The molecule has 1 fully saturated rings. The molecule has 1 heterocycles. The van der Waals surface area contributed by atoms with Gasteiger partial charge in [0.15, 0.2) is 0 Å². The molecular weight excluding hydrogens is 164 g/mol. The smallest absolute Gasteiger partial charge is 0.209 e. The van der Waals surface area contributed by atoms with Crippen LogP contribution >= 0.6 is 0 Å². The number of anilines is 1. The summed E-state index contributed by atoms with van der Waals surface area (Å²) in [6.45, 7) is 2.92. The minimum atomic E-state index is 0.620. The average Bonchev–Trinajstić information content (AvgIpc) is 2.20. The fourth-order valence-electron chi connectivity index (χ4n) is 1.59. The molecule has 1 aromatic rings. The van der Waals surface area contributed by atoms with E-state index in [1.54, 1.807) is 0 Å². The maximum Gasteiger partial charge on any atom is 0.209 e. The van der Waals surface area contributed by atoms with Crippen LogP contribution in [0.5, 0.6) is 0 Å². The number of nitroso groups, excluding NO2 is 1. The molecule has 1 aliphatic heterocycles. The van der Waals surface area contributed by atoms with Crippen molar-refractivity contribution in [2.45, 2.75) is 0 Å². The van der Waals surface area contributed by atoms with Crippen LogP contribution in [0.25, 0.3) is 0 Å².